The predicted molar refractivity (Wildman–Crippen MR) is 94.6 cm³/mol. The van der Waals surface area contributed by atoms with Gasteiger partial charge in [-0.1, -0.05) is 0 Å². The highest BCUT2D eigenvalue weighted by atomic mass is 127. The van der Waals surface area contributed by atoms with Crippen LogP contribution in [0, 0.1) is 7.14 Å². The van der Waals surface area contributed by atoms with E-state index in [4.69, 9.17) is 5.73 Å². The molecule has 0 atom stereocenters. The van der Waals surface area contributed by atoms with E-state index >= 15 is 0 Å². The first-order valence-electron chi connectivity index (χ1n) is 5.56. The number of carbonyl (C=O) groups excluding carboxylic acids is 1. The molecule has 1 rings (SSSR count). The third kappa shape index (κ3) is 6.41. The molecule has 0 aliphatic carbocycles. The fourth-order valence-electron chi connectivity index (χ4n) is 1.22. The van der Waals surface area contributed by atoms with Crippen LogP contribution in [0.5, 0.6) is 0 Å². The summed E-state index contributed by atoms with van der Waals surface area (Å²) in [5.74, 6) is 0.0703. The van der Waals surface area contributed by atoms with E-state index in [-0.39, 0.29) is 17.5 Å². The van der Waals surface area contributed by atoms with Gasteiger partial charge in [0.05, 0.1) is 5.69 Å². The van der Waals surface area contributed by atoms with Crippen molar-refractivity contribution in [3.05, 3.63) is 25.3 Å². The fourth-order valence-corrected chi connectivity index (χ4v) is 2.94. The highest BCUT2D eigenvalue weighted by Crippen LogP contribution is 2.23. The van der Waals surface area contributed by atoms with E-state index in [1.54, 1.807) is 0 Å². The summed E-state index contributed by atoms with van der Waals surface area (Å²) >= 11 is 4.41. The summed E-state index contributed by atoms with van der Waals surface area (Å²) in [6.45, 7) is 5.67. The van der Waals surface area contributed by atoms with Gasteiger partial charge in [0, 0.05) is 12.7 Å². The van der Waals surface area contributed by atoms with Gasteiger partial charge < -0.3 is 11.1 Å². The monoisotopic (exact) mass is 486 g/mol. The van der Waals surface area contributed by atoms with Crippen LogP contribution in [0.1, 0.15) is 20.8 Å². The van der Waals surface area contributed by atoms with Gasteiger partial charge in [-0.15, -0.1) is 0 Å². The highest BCUT2D eigenvalue weighted by Gasteiger charge is 2.14. The Kier molecular flexibility index (Phi) is 5.83. The number of nitrogens with two attached hydrogens (primary N) is 1. The van der Waals surface area contributed by atoms with Crippen molar-refractivity contribution in [2.75, 3.05) is 0 Å². The first kappa shape index (κ1) is 16.5. The van der Waals surface area contributed by atoms with Crippen LogP contribution in [0.3, 0.4) is 0 Å². The molecule has 0 radical (unpaired) electrons. The number of nitrogens with one attached hydrogen (secondary N) is 2. The third-order valence-electron chi connectivity index (χ3n) is 1.88. The van der Waals surface area contributed by atoms with Gasteiger partial charge in [-0.05, 0) is 84.2 Å². The van der Waals surface area contributed by atoms with Crippen LogP contribution < -0.4 is 16.4 Å². The average Bonchev–Trinajstić information content (AvgIpc) is 2.19. The van der Waals surface area contributed by atoms with Crippen LogP contribution in [-0.4, -0.2) is 17.5 Å². The Bertz CT molecular complexity index is 509. The summed E-state index contributed by atoms with van der Waals surface area (Å²) in [6, 6.07) is 5.42. The highest BCUT2D eigenvalue weighted by molar-refractivity contribution is 14.1. The zero-order valence-electron chi connectivity index (χ0n) is 10.9. The van der Waals surface area contributed by atoms with Crippen LogP contribution in [0.15, 0.2) is 23.2 Å². The van der Waals surface area contributed by atoms with Crippen molar-refractivity contribution in [1.29, 1.82) is 0 Å². The van der Waals surface area contributed by atoms with Crippen LogP contribution >= 0.6 is 45.2 Å². The Morgan fingerprint density at radius 3 is 2.47 bits per heavy atom. The van der Waals surface area contributed by atoms with Crippen LogP contribution in [0.25, 0.3) is 0 Å². The van der Waals surface area contributed by atoms with Crippen molar-refractivity contribution in [3.63, 3.8) is 0 Å². The largest absolute Gasteiger partial charge is 0.369 e. The molecule has 7 heteroatoms. The molecule has 0 heterocycles. The number of hydrogen-bond acceptors (Lipinski definition) is 2. The van der Waals surface area contributed by atoms with Crippen LogP contribution in [0.4, 0.5) is 10.5 Å². The zero-order chi connectivity index (χ0) is 14.6. The Labute approximate surface area is 140 Å². The normalized spacial score (nSPS) is 12.2. The summed E-state index contributed by atoms with van der Waals surface area (Å²) in [4.78, 5) is 15.8. The van der Waals surface area contributed by atoms with Crippen molar-refractivity contribution >= 4 is 62.9 Å². The second-order valence-electron chi connectivity index (χ2n) is 4.92. The van der Waals surface area contributed by atoms with Gasteiger partial charge in [0.2, 0.25) is 5.96 Å². The first-order valence-corrected chi connectivity index (χ1v) is 7.71. The van der Waals surface area contributed by atoms with Gasteiger partial charge in [0.15, 0.2) is 0 Å². The number of urea groups is 1. The van der Waals surface area contributed by atoms with Gasteiger partial charge in [0.1, 0.15) is 0 Å². The van der Waals surface area contributed by atoms with Crippen molar-refractivity contribution in [3.8, 4) is 0 Å². The Morgan fingerprint density at radius 2 is 1.95 bits per heavy atom. The van der Waals surface area contributed by atoms with E-state index in [0.717, 1.165) is 12.8 Å². The van der Waals surface area contributed by atoms with Crippen molar-refractivity contribution in [1.82, 2.24) is 10.6 Å². The minimum atomic E-state index is -0.366. The van der Waals surface area contributed by atoms with E-state index in [9.17, 15) is 4.79 Å². The number of halogens is 2. The zero-order valence-corrected chi connectivity index (χ0v) is 15.2. The number of nitrogens with zero attached hydrogens (tertiary/aromatic N) is 1. The fraction of sp³-hybridized carbons (Fsp3) is 0.333. The summed E-state index contributed by atoms with van der Waals surface area (Å²) in [5, 5.41) is 5.24. The second kappa shape index (κ2) is 6.73. The molecule has 0 fully saturated rings. The number of rotatable bonds is 1. The van der Waals surface area contributed by atoms with Crippen molar-refractivity contribution in [2.24, 2.45) is 10.7 Å². The molecule has 19 heavy (non-hydrogen) atoms. The van der Waals surface area contributed by atoms with Crippen molar-refractivity contribution < 1.29 is 4.79 Å². The molecule has 1 aromatic carbocycles. The van der Waals surface area contributed by atoms with E-state index < -0.39 is 0 Å². The molecule has 5 nitrogen and oxygen atoms in total. The number of guanidine groups is 1. The molecule has 2 amide bonds. The molecule has 0 aliphatic rings. The minimum absolute atomic E-state index is 0.0703. The summed E-state index contributed by atoms with van der Waals surface area (Å²) in [5.41, 5.74) is 6.12. The summed E-state index contributed by atoms with van der Waals surface area (Å²) < 4.78 is 2.10. The maximum Gasteiger partial charge on any atom is 0.321 e. The Morgan fingerprint density at radius 1 is 1.32 bits per heavy atom. The number of amides is 2. The molecule has 0 spiro atoms. The maximum atomic E-state index is 11.6. The van der Waals surface area contributed by atoms with E-state index in [1.165, 1.54) is 0 Å². The number of aliphatic imine (C=N–C) groups is 1. The molecule has 4 N–H and O–H groups in total. The van der Waals surface area contributed by atoms with Gasteiger partial charge in [-0.3, -0.25) is 5.32 Å². The molecule has 104 valence electrons. The Hall–Kier alpha value is -0.580. The minimum Gasteiger partial charge on any atom is -0.369 e. The molecule has 0 bridgehead atoms. The lowest BCUT2D eigenvalue weighted by Gasteiger charge is -2.20. The number of carbonyl (C=O) groups is 1. The van der Waals surface area contributed by atoms with Gasteiger partial charge >= 0.3 is 6.03 Å². The van der Waals surface area contributed by atoms with Gasteiger partial charge in [0.25, 0.3) is 0 Å². The molecular formula is C12H16I2N4O. The predicted octanol–water partition coefficient (Wildman–Crippen LogP) is 2.94. The SMILES string of the molecule is CC(C)(C)NC(=O)NC(N)=Nc1ccc(I)cc1I. The van der Waals surface area contributed by atoms with Gasteiger partial charge in [-0.25, -0.2) is 9.79 Å². The topological polar surface area (TPSA) is 79.5 Å². The third-order valence-corrected chi connectivity index (χ3v) is 3.42. The van der Waals surface area contributed by atoms with Crippen LogP contribution in [-0.2, 0) is 0 Å². The molecular weight excluding hydrogens is 470 g/mol. The average molecular weight is 486 g/mol. The Balaban J connectivity index is 2.74. The number of hydrogen-bond donors (Lipinski definition) is 3. The molecule has 0 aliphatic heterocycles. The van der Waals surface area contributed by atoms with Crippen molar-refractivity contribution in [2.45, 2.75) is 26.3 Å². The maximum absolute atomic E-state index is 11.6. The van der Waals surface area contributed by atoms with E-state index in [2.05, 4.69) is 60.8 Å². The van der Waals surface area contributed by atoms with Gasteiger partial charge in [-0.2, -0.15) is 0 Å². The molecule has 1 aromatic rings. The summed E-state index contributed by atoms with van der Waals surface area (Å²) in [7, 11) is 0. The lowest BCUT2D eigenvalue weighted by atomic mass is 10.1. The molecule has 0 saturated heterocycles. The second-order valence-corrected chi connectivity index (χ2v) is 7.33. The molecule has 0 saturated carbocycles. The standard InChI is InChI=1S/C12H16I2N4O/c1-12(2,3)18-11(19)17-10(15)16-9-5-4-7(13)6-8(9)14/h4-6H,1-3H3,(H4,15,16,17,18,19). The first-order chi connectivity index (χ1) is 8.67. The lowest BCUT2D eigenvalue weighted by molar-refractivity contribution is 0.236. The number of benzene rings is 1. The van der Waals surface area contributed by atoms with Crippen LogP contribution in [0.2, 0.25) is 0 Å². The smallest absolute Gasteiger partial charge is 0.321 e. The quantitative estimate of drug-likeness (QED) is 0.325. The summed E-state index contributed by atoms with van der Waals surface area (Å²) in [6.07, 6.45) is 0. The molecule has 0 aromatic heterocycles. The lowest BCUT2D eigenvalue weighted by Crippen LogP contribution is -2.50. The molecule has 0 unspecified atom stereocenters. The van der Waals surface area contributed by atoms with E-state index in [0.29, 0.717) is 0 Å². The van der Waals surface area contributed by atoms with E-state index in [1.807, 2.05) is 39.0 Å².